The Balaban J connectivity index is 1.63. The molecule has 3 heterocycles. The second-order valence-corrected chi connectivity index (χ2v) is 8.18. The van der Waals surface area contributed by atoms with Gasteiger partial charge in [0.1, 0.15) is 23.2 Å². The van der Waals surface area contributed by atoms with E-state index in [9.17, 15) is 4.79 Å². The number of amides is 1. The summed E-state index contributed by atoms with van der Waals surface area (Å²) in [5.74, 6) is -0.166. The molecule has 5 rings (SSSR count). The summed E-state index contributed by atoms with van der Waals surface area (Å²) in [6.07, 6.45) is 0.581. The Bertz CT molecular complexity index is 1410. The molecule has 0 aliphatic rings. The van der Waals surface area contributed by atoms with E-state index in [0.29, 0.717) is 28.8 Å². The highest BCUT2D eigenvalue weighted by Gasteiger charge is 2.26. The van der Waals surface area contributed by atoms with E-state index < -0.39 is 6.04 Å². The zero-order chi connectivity index (χ0) is 21.4. The highest BCUT2D eigenvalue weighted by Crippen LogP contribution is 2.32. The average Bonchev–Trinajstić information content (AvgIpc) is 3.35. The molecule has 156 valence electrons. The van der Waals surface area contributed by atoms with Gasteiger partial charge in [0.15, 0.2) is 5.65 Å². The zero-order valence-electron chi connectivity index (χ0n) is 17.1. The molecule has 31 heavy (non-hydrogen) atoms. The van der Waals surface area contributed by atoms with Gasteiger partial charge in [-0.25, -0.2) is 9.97 Å². The maximum atomic E-state index is 13.3. The molecule has 1 unspecified atom stereocenters. The Morgan fingerprint density at radius 2 is 1.84 bits per heavy atom. The largest absolute Gasteiger partial charge is 0.377 e. The molecule has 3 aromatic heterocycles. The Morgan fingerprint density at radius 3 is 2.61 bits per heavy atom. The highest BCUT2D eigenvalue weighted by molar-refractivity contribution is 7.15. The smallest absolute Gasteiger partial charge is 0.249 e. The van der Waals surface area contributed by atoms with Crippen molar-refractivity contribution in [1.29, 1.82) is 0 Å². The first-order valence-electron chi connectivity index (χ1n) is 9.97. The molecule has 1 amide bonds. The van der Waals surface area contributed by atoms with E-state index >= 15 is 0 Å². The summed E-state index contributed by atoms with van der Waals surface area (Å²) in [7, 11) is 1.60. The number of anilines is 1. The van der Waals surface area contributed by atoms with E-state index in [1.807, 2.05) is 60.0 Å². The van der Waals surface area contributed by atoms with Crippen molar-refractivity contribution in [3.63, 3.8) is 0 Å². The molecule has 0 radical (unpaired) electrons. The van der Waals surface area contributed by atoms with Crippen LogP contribution >= 0.6 is 11.3 Å². The first-order valence-corrected chi connectivity index (χ1v) is 10.8. The summed E-state index contributed by atoms with van der Waals surface area (Å²) < 4.78 is 7.06. The number of para-hydroxylation sites is 3. The van der Waals surface area contributed by atoms with Gasteiger partial charge >= 0.3 is 0 Å². The lowest BCUT2D eigenvalue weighted by Gasteiger charge is -2.18. The first kappa shape index (κ1) is 19.5. The summed E-state index contributed by atoms with van der Waals surface area (Å²) in [5.41, 5.74) is 4.03. The molecule has 0 saturated heterocycles. The molecule has 5 aromatic rings. The maximum Gasteiger partial charge on any atom is 0.249 e. The van der Waals surface area contributed by atoms with E-state index in [1.165, 1.54) is 11.3 Å². The fraction of sp³-hybridized carbons (Fsp3) is 0.227. The minimum absolute atomic E-state index is 0.166. The molecular weight excluding hydrogens is 412 g/mol. The molecule has 0 bridgehead atoms. The lowest BCUT2D eigenvalue weighted by Crippen LogP contribution is -2.25. The van der Waals surface area contributed by atoms with Gasteiger partial charge in [0.25, 0.3) is 0 Å². The van der Waals surface area contributed by atoms with Gasteiger partial charge in [0.05, 0.1) is 16.6 Å². The van der Waals surface area contributed by atoms with Crippen molar-refractivity contribution >= 4 is 55.5 Å². The molecule has 2 aromatic carbocycles. The topological polar surface area (TPSA) is 94.8 Å². The Hall–Kier alpha value is -3.43. The summed E-state index contributed by atoms with van der Waals surface area (Å²) in [4.78, 5) is 23.0. The fourth-order valence-electron chi connectivity index (χ4n) is 3.81. The van der Waals surface area contributed by atoms with E-state index in [0.717, 1.165) is 27.5 Å². The van der Waals surface area contributed by atoms with Crippen molar-refractivity contribution in [2.45, 2.75) is 26.0 Å². The number of ether oxygens (including phenoxy) is 1. The second kappa shape index (κ2) is 8.01. The van der Waals surface area contributed by atoms with E-state index in [4.69, 9.17) is 14.7 Å². The van der Waals surface area contributed by atoms with Gasteiger partial charge in [0.2, 0.25) is 11.0 Å². The third-order valence-corrected chi connectivity index (χ3v) is 5.98. The number of carbonyl (C=O) groups excluding carboxylic acids is 1. The third-order valence-electron chi connectivity index (χ3n) is 5.16. The lowest BCUT2D eigenvalue weighted by atomic mass is 10.2. The SMILES string of the molecule is CCC(C(=O)Nc1nnc(COC)s1)n1c2ccccc2c2nc3ccccc3nc21. The van der Waals surface area contributed by atoms with Crippen molar-refractivity contribution < 1.29 is 9.53 Å². The van der Waals surface area contributed by atoms with Crippen LogP contribution in [0.3, 0.4) is 0 Å². The number of fused-ring (bicyclic) bond motifs is 4. The number of carbonyl (C=O) groups is 1. The highest BCUT2D eigenvalue weighted by atomic mass is 32.1. The second-order valence-electron chi connectivity index (χ2n) is 7.12. The molecule has 0 spiro atoms. The fourth-order valence-corrected chi connectivity index (χ4v) is 4.53. The van der Waals surface area contributed by atoms with Gasteiger partial charge in [-0.1, -0.05) is 48.6 Å². The molecule has 1 N–H and O–H groups in total. The van der Waals surface area contributed by atoms with Gasteiger partial charge in [-0.05, 0) is 24.6 Å². The normalized spacial score (nSPS) is 12.6. The monoisotopic (exact) mass is 432 g/mol. The van der Waals surface area contributed by atoms with Crippen LogP contribution in [0.5, 0.6) is 0 Å². The minimum Gasteiger partial charge on any atom is -0.377 e. The average molecular weight is 433 g/mol. The van der Waals surface area contributed by atoms with E-state index in [2.05, 4.69) is 15.5 Å². The Morgan fingerprint density at radius 1 is 1.10 bits per heavy atom. The molecule has 0 fully saturated rings. The molecule has 0 saturated carbocycles. The summed E-state index contributed by atoms with van der Waals surface area (Å²) in [6, 6.07) is 15.2. The molecule has 1 atom stereocenters. The van der Waals surface area contributed by atoms with Crippen LogP contribution in [0.15, 0.2) is 48.5 Å². The minimum atomic E-state index is -0.479. The van der Waals surface area contributed by atoms with Crippen LogP contribution < -0.4 is 5.32 Å². The number of nitrogens with one attached hydrogen (secondary N) is 1. The van der Waals surface area contributed by atoms with Crippen molar-refractivity contribution in [1.82, 2.24) is 24.7 Å². The Labute approximate surface area is 181 Å². The summed E-state index contributed by atoms with van der Waals surface area (Å²) >= 11 is 1.30. The van der Waals surface area contributed by atoms with E-state index in [1.54, 1.807) is 7.11 Å². The van der Waals surface area contributed by atoms with Crippen LogP contribution in [-0.4, -0.2) is 37.7 Å². The van der Waals surface area contributed by atoms with Crippen LogP contribution in [0.4, 0.5) is 5.13 Å². The maximum absolute atomic E-state index is 13.3. The zero-order valence-corrected chi connectivity index (χ0v) is 17.9. The van der Waals surface area contributed by atoms with Crippen LogP contribution in [0.25, 0.3) is 33.1 Å². The van der Waals surface area contributed by atoms with Gasteiger partial charge in [-0.3, -0.25) is 10.1 Å². The van der Waals surface area contributed by atoms with Crippen LogP contribution in [0.2, 0.25) is 0 Å². The van der Waals surface area contributed by atoms with Crippen molar-refractivity contribution in [2.75, 3.05) is 12.4 Å². The number of hydrogen-bond donors (Lipinski definition) is 1. The first-order chi connectivity index (χ1) is 15.2. The predicted molar refractivity (Wildman–Crippen MR) is 121 cm³/mol. The van der Waals surface area contributed by atoms with Gasteiger partial charge in [0, 0.05) is 12.5 Å². The number of rotatable bonds is 6. The summed E-state index contributed by atoms with van der Waals surface area (Å²) in [6.45, 7) is 2.34. The number of hydrogen-bond acceptors (Lipinski definition) is 7. The van der Waals surface area contributed by atoms with Crippen LogP contribution in [0.1, 0.15) is 24.4 Å². The van der Waals surface area contributed by atoms with Crippen molar-refractivity contribution in [2.24, 2.45) is 0 Å². The van der Waals surface area contributed by atoms with Gasteiger partial charge < -0.3 is 9.30 Å². The third kappa shape index (κ3) is 3.41. The molecular formula is C22H20N6O2S. The molecule has 8 nitrogen and oxygen atoms in total. The van der Waals surface area contributed by atoms with Crippen molar-refractivity contribution in [3.8, 4) is 0 Å². The number of methoxy groups -OCH3 is 1. The van der Waals surface area contributed by atoms with E-state index in [-0.39, 0.29) is 5.91 Å². The Kier molecular flexibility index (Phi) is 5.05. The predicted octanol–water partition coefficient (Wildman–Crippen LogP) is 4.33. The summed E-state index contributed by atoms with van der Waals surface area (Å²) in [5, 5.41) is 13.1. The lowest BCUT2D eigenvalue weighted by molar-refractivity contribution is -0.119. The van der Waals surface area contributed by atoms with Crippen LogP contribution in [-0.2, 0) is 16.1 Å². The number of aromatic nitrogens is 5. The standard InChI is InChI=1S/C22H20N6O2S/c1-3-16(21(29)25-22-27-26-18(31-22)12-30-2)28-17-11-7-4-8-13(17)19-20(28)24-15-10-6-5-9-14(15)23-19/h4-11,16H,3,12H2,1-2H3,(H,25,27,29). The molecule has 9 heteroatoms. The number of benzene rings is 2. The van der Waals surface area contributed by atoms with Gasteiger partial charge in [-0.2, -0.15) is 0 Å². The van der Waals surface area contributed by atoms with Crippen LogP contribution in [0, 0.1) is 0 Å². The molecule has 0 aliphatic carbocycles. The van der Waals surface area contributed by atoms with Crippen molar-refractivity contribution in [3.05, 3.63) is 53.5 Å². The number of nitrogens with zero attached hydrogens (tertiary/aromatic N) is 5. The van der Waals surface area contributed by atoms with Gasteiger partial charge in [-0.15, -0.1) is 10.2 Å². The quantitative estimate of drug-likeness (QED) is 0.429. The molecule has 0 aliphatic heterocycles.